The van der Waals surface area contributed by atoms with Crippen LogP contribution in [0, 0.1) is 6.92 Å². The Morgan fingerprint density at radius 1 is 0.578 bits per heavy atom. The van der Waals surface area contributed by atoms with Crippen LogP contribution in [0.2, 0.25) is 0 Å². The average molecular weight is 853 g/mol. The summed E-state index contributed by atoms with van der Waals surface area (Å²) in [5.41, 5.74) is 23.7. The Bertz CT molecular complexity index is 3160. The molecule has 0 spiro atoms. The molecular weight excluding hydrogens is 792 g/mol. The minimum atomic E-state index is -0.0926. The monoisotopic (exact) mass is 852 g/mol. The second-order valence-corrected chi connectivity index (χ2v) is 25.0. The van der Waals surface area contributed by atoms with Gasteiger partial charge < -0.3 is 14.2 Å². The molecule has 320 valence electrons. The van der Waals surface area contributed by atoms with E-state index in [4.69, 9.17) is 4.42 Å². The molecule has 2 aliphatic carbocycles. The van der Waals surface area contributed by atoms with Crippen molar-refractivity contribution in [2.24, 2.45) is 0 Å². The van der Waals surface area contributed by atoms with Crippen LogP contribution >= 0.6 is 0 Å². The van der Waals surface area contributed by atoms with E-state index in [1.54, 1.807) is 0 Å². The third kappa shape index (κ3) is 5.58. The van der Waals surface area contributed by atoms with Crippen LogP contribution < -0.4 is 36.8 Å². The van der Waals surface area contributed by atoms with Gasteiger partial charge in [-0.25, -0.2) is 0 Å². The van der Waals surface area contributed by atoms with Gasteiger partial charge in [0.05, 0.1) is 11.3 Å². The van der Waals surface area contributed by atoms with Crippen molar-refractivity contribution in [1.82, 2.24) is 0 Å². The minimum absolute atomic E-state index is 0.0452. The van der Waals surface area contributed by atoms with Gasteiger partial charge in [-0.15, -0.1) is 0 Å². The Morgan fingerprint density at radius 3 is 1.81 bits per heavy atom. The third-order valence-electron chi connectivity index (χ3n) is 16.5. The van der Waals surface area contributed by atoms with Crippen LogP contribution in [0.1, 0.15) is 135 Å². The SMILES string of the molecule is Cc1cc2c3c(c1)N(c1cccc4c1[Si]c1ccccc1-4)c1c(oc4cc5c(cc14)C(C)(C)CCC5(C)C)B3c1cc3c(cc1N2c1ccc(C(C)(C)C)cc1)C(C)(C)CCC3(C)C. The van der Waals surface area contributed by atoms with Gasteiger partial charge in [0.1, 0.15) is 15.1 Å². The lowest BCUT2D eigenvalue weighted by Gasteiger charge is -2.46. The Morgan fingerprint density at radius 2 is 1.16 bits per heavy atom. The highest BCUT2D eigenvalue weighted by molar-refractivity contribution is 7.00. The fraction of sp³-hybridized carbons (Fsp3) is 0.356. The summed E-state index contributed by atoms with van der Waals surface area (Å²) >= 11 is 0. The van der Waals surface area contributed by atoms with E-state index in [-0.39, 0.29) is 33.8 Å². The second kappa shape index (κ2) is 13.0. The summed E-state index contributed by atoms with van der Waals surface area (Å²) in [6.45, 7) is 28.8. The first-order valence-electron chi connectivity index (χ1n) is 23.9. The minimum Gasteiger partial charge on any atom is -0.468 e. The summed E-state index contributed by atoms with van der Waals surface area (Å²) < 4.78 is 7.66. The molecule has 0 amide bonds. The van der Waals surface area contributed by atoms with Gasteiger partial charge in [0, 0.05) is 33.8 Å². The van der Waals surface area contributed by atoms with Crippen LogP contribution in [0.3, 0.4) is 0 Å². The van der Waals surface area contributed by atoms with Gasteiger partial charge in [-0.05, 0) is 169 Å². The zero-order chi connectivity index (χ0) is 44.6. The lowest BCUT2D eigenvalue weighted by Crippen LogP contribution is -2.61. The molecule has 0 N–H and O–H groups in total. The number of rotatable bonds is 2. The van der Waals surface area contributed by atoms with E-state index in [0.717, 1.165) is 17.7 Å². The van der Waals surface area contributed by atoms with Gasteiger partial charge in [0.25, 0.3) is 6.71 Å². The molecule has 1 aromatic heterocycles. The quantitative estimate of drug-likeness (QED) is 0.162. The predicted octanol–water partition coefficient (Wildman–Crippen LogP) is 12.5. The summed E-state index contributed by atoms with van der Waals surface area (Å²) in [7, 11) is 0.571. The van der Waals surface area contributed by atoms with Gasteiger partial charge in [-0.1, -0.05) is 136 Å². The molecule has 6 aromatic carbocycles. The van der Waals surface area contributed by atoms with Gasteiger partial charge in [0.2, 0.25) is 0 Å². The molecule has 3 aliphatic heterocycles. The molecule has 5 aliphatic rings. The molecule has 3 nitrogen and oxygen atoms in total. The van der Waals surface area contributed by atoms with Gasteiger partial charge in [0.15, 0.2) is 0 Å². The topological polar surface area (TPSA) is 19.6 Å². The van der Waals surface area contributed by atoms with Crippen LogP contribution in [-0.2, 0) is 27.1 Å². The van der Waals surface area contributed by atoms with Gasteiger partial charge in [-0.2, -0.15) is 0 Å². The molecule has 0 unspecified atom stereocenters. The zero-order valence-corrected chi connectivity index (χ0v) is 41.0. The van der Waals surface area contributed by atoms with Crippen molar-refractivity contribution >= 4 is 88.3 Å². The molecule has 0 atom stereocenters. The standard InChI is InChI=1S/C59H61BN2OSi/c1-34-28-47-51-48(29-34)62(45-18-15-17-38-37-16-13-14-19-50(37)64-53(38)45)52-39-30-40-43(59(11,12)27-24-56(40,5)6)33-49(39)63-54(52)60(51)44-31-41-42(58(9,10)26-25-57(41,7)8)32-46(44)61(47)36-22-20-35(21-23-36)55(2,3)4/h13-23,28-33H,24-27H2,1-12H3. The van der Waals surface area contributed by atoms with Crippen molar-refractivity contribution in [3.8, 4) is 11.1 Å². The lowest BCUT2D eigenvalue weighted by molar-refractivity contribution is 0.332. The van der Waals surface area contributed by atoms with Gasteiger partial charge >= 0.3 is 0 Å². The van der Waals surface area contributed by atoms with E-state index >= 15 is 0 Å². The summed E-state index contributed by atoms with van der Waals surface area (Å²) in [6, 6.07) is 40.7. The largest absolute Gasteiger partial charge is 0.468 e. The maximum Gasteiger partial charge on any atom is 0.297 e. The normalized spacial score (nSPS) is 19.0. The highest BCUT2D eigenvalue weighted by Gasteiger charge is 2.50. The maximum absolute atomic E-state index is 7.66. The van der Waals surface area contributed by atoms with Crippen molar-refractivity contribution in [1.29, 1.82) is 0 Å². The van der Waals surface area contributed by atoms with Crippen LogP contribution in [0.15, 0.2) is 108 Å². The Labute approximate surface area is 384 Å². The van der Waals surface area contributed by atoms with Crippen molar-refractivity contribution in [3.05, 3.63) is 137 Å². The highest BCUT2D eigenvalue weighted by atomic mass is 28.2. The second-order valence-electron chi connectivity index (χ2n) is 23.7. The molecule has 12 rings (SSSR count). The first-order valence-corrected chi connectivity index (χ1v) is 24.9. The average Bonchev–Trinajstić information content (AvgIpc) is 3.82. The molecule has 5 heteroatoms. The third-order valence-corrected chi connectivity index (χ3v) is 18.0. The summed E-state index contributed by atoms with van der Waals surface area (Å²) in [6.07, 6.45) is 4.66. The Hall–Kier alpha value is -5.26. The molecule has 7 aromatic rings. The molecule has 0 saturated heterocycles. The first-order chi connectivity index (χ1) is 30.2. The van der Waals surface area contributed by atoms with Crippen LogP contribution in [0.4, 0.5) is 34.1 Å². The highest BCUT2D eigenvalue weighted by Crippen LogP contribution is 2.53. The number of fused-ring (bicyclic) bond motifs is 11. The van der Waals surface area contributed by atoms with Crippen molar-refractivity contribution in [2.45, 2.75) is 136 Å². The van der Waals surface area contributed by atoms with E-state index < -0.39 is 0 Å². The van der Waals surface area contributed by atoms with Gasteiger partial charge in [-0.3, -0.25) is 0 Å². The van der Waals surface area contributed by atoms with Crippen LogP contribution in [0.25, 0.3) is 22.1 Å². The molecule has 0 saturated carbocycles. The summed E-state index contributed by atoms with van der Waals surface area (Å²) in [4.78, 5) is 5.27. The number of hydrogen-bond donors (Lipinski definition) is 0. The smallest absolute Gasteiger partial charge is 0.297 e. The zero-order valence-electron chi connectivity index (χ0n) is 40.0. The van der Waals surface area contributed by atoms with Crippen molar-refractivity contribution in [2.75, 3.05) is 9.80 Å². The molecule has 0 bridgehead atoms. The first kappa shape index (κ1) is 40.3. The Balaban J connectivity index is 1.21. The van der Waals surface area contributed by atoms with Crippen LogP contribution in [-0.4, -0.2) is 16.2 Å². The summed E-state index contributed by atoms with van der Waals surface area (Å²) in [5.74, 6) is 0. The van der Waals surface area contributed by atoms with E-state index in [0.29, 0.717) is 9.52 Å². The molecular formula is C59H61BN2OSi. The van der Waals surface area contributed by atoms with E-state index in [9.17, 15) is 0 Å². The number of hydrogen-bond acceptors (Lipinski definition) is 3. The summed E-state index contributed by atoms with van der Waals surface area (Å²) in [5, 5.41) is 4.07. The fourth-order valence-corrected chi connectivity index (χ4v) is 13.9. The predicted molar refractivity (Wildman–Crippen MR) is 275 cm³/mol. The van der Waals surface area contributed by atoms with E-state index in [2.05, 4.69) is 196 Å². The maximum atomic E-state index is 7.66. The molecule has 2 radical (unpaired) electrons. The Kier molecular flexibility index (Phi) is 8.16. The number of benzene rings is 6. The van der Waals surface area contributed by atoms with E-state index in [1.807, 2.05) is 0 Å². The molecule has 4 heterocycles. The van der Waals surface area contributed by atoms with Crippen molar-refractivity contribution in [3.63, 3.8) is 0 Å². The van der Waals surface area contributed by atoms with E-state index in [1.165, 1.54) is 125 Å². The van der Waals surface area contributed by atoms with Crippen molar-refractivity contribution < 1.29 is 4.42 Å². The fourth-order valence-electron chi connectivity index (χ4n) is 12.4. The number of anilines is 6. The lowest BCUT2D eigenvalue weighted by atomic mass is 9.35. The molecule has 64 heavy (non-hydrogen) atoms. The van der Waals surface area contributed by atoms with Crippen LogP contribution in [0.5, 0.6) is 0 Å². The number of aryl methyl sites for hydroxylation is 1. The molecule has 0 fully saturated rings. The number of nitrogens with zero attached hydrogens (tertiary/aromatic N) is 2. The number of furan rings is 1.